The van der Waals surface area contributed by atoms with Crippen molar-refractivity contribution in [3.8, 4) is 11.4 Å². The molecule has 3 aromatic carbocycles. The molecule has 0 radical (unpaired) electrons. The van der Waals surface area contributed by atoms with Crippen molar-refractivity contribution in [2.24, 2.45) is 0 Å². The van der Waals surface area contributed by atoms with Gasteiger partial charge in [0.05, 0.1) is 11.0 Å². The first-order valence-corrected chi connectivity index (χ1v) is 10.7. The molecule has 1 heterocycles. The van der Waals surface area contributed by atoms with Gasteiger partial charge in [0.2, 0.25) is 5.91 Å². The third-order valence-electron chi connectivity index (χ3n) is 5.71. The van der Waals surface area contributed by atoms with Crippen molar-refractivity contribution in [1.82, 2.24) is 9.55 Å². The Labute approximate surface area is 183 Å². The second-order valence-electron chi connectivity index (χ2n) is 9.15. The Morgan fingerprint density at radius 2 is 1.55 bits per heavy atom. The highest BCUT2D eigenvalue weighted by atomic mass is 16.1. The maximum Gasteiger partial charge on any atom is 0.244 e. The number of benzene rings is 3. The SMILES string of the molecule is Cc1cccc(C)c1NC(=O)Cn1c(-c2ccc(C(C)(C)C)cc2)nc2ccccc21. The average molecular weight is 412 g/mol. The predicted octanol–water partition coefficient (Wildman–Crippen LogP) is 6.26. The summed E-state index contributed by atoms with van der Waals surface area (Å²) in [5.74, 6) is 0.742. The minimum absolute atomic E-state index is 0.0619. The molecule has 0 spiro atoms. The number of amides is 1. The normalized spacial score (nSPS) is 11.6. The van der Waals surface area contributed by atoms with E-state index in [9.17, 15) is 4.79 Å². The maximum atomic E-state index is 13.0. The van der Waals surface area contributed by atoms with E-state index in [1.165, 1.54) is 5.56 Å². The summed E-state index contributed by atoms with van der Waals surface area (Å²) in [6, 6.07) is 22.5. The summed E-state index contributed by atoms with van der Waals surface area (Å²) in [6.07, 6.45) is 0. The molecule has 31 heavy (non-hydrogen) atoms. The van der Waals surface area contributed by atoms with Gasteiger partial charge in [0, 0.05) is 11.3 Å². The zero-order valence-corrected chi connectivity index (χ0v) is 18.9. The Morgan fingerprint density at radius 3 is 2.19 bits per heavy atom. The van der Waals surface area contributed by atoms with Gasteiger partial charge in [0.1, 0.15) is 12.4 Å². The molecule has 0 aliphatic rings. The molecule has 158 valence electrons. The number of nitrogens with zero attached hydrogens (tertiary/aromatic N) is 2. The van der Waals surface area contributed by atoms with Crippen LogP contribution < -0.4 is 5.32 Å². The fourth-order valence-corrected chi connectivity index (χ4v) is 3.91. The summed E-state index contributed by atoms with van der Waals surface area (Å²) in [4.78, 5) is 17.9. The summed E-state index contributed by atoms with van der Waals surface area (Å²) in [5, 5.41) is 3.10. The minimum atomic E-state index is -0.0619. The molecule has 0 aliphatic carbocycles. The fourth-order valence-electron chi connectivity index (χ4n) is 3.91. The van der Waals surface area contributed by atoms with Gasteiger partial charge >= 0.3 is 0 Å². The number of aromatic nitrogens is 2. The van der Waals surface area contributed by atoms with Crippen LogP contribution in [0.15, 0.2) is 66.7 Å². The van der Waals surface area contributed by atoms with Gasteiger partial charge in [-0.15, -0.1) is 0 Å². The number of rotatable bonds is 4. The Balaban J connectivity index is 1.71. The van der Waals surface area contributed by atoms with Gasteiger partial charge in [-0.2, -0.15) is 0 Å². The summed E-state index contributed by atoms with van der Waals surface area (Å²) in [7, 11) is 0. The summed E-state index contributed by atoms with van der Waals surface area (Å²) in [6.45, 7) is 10.8. The minimum Gasteiger partial charge on any atom is -0.324 e. The molecule has 1 amide bonds. The lowest BCUT2D eigenvalue weighted by Gasteiger charge is -2.19. The number of carbonyl (C=O) groups is 1. The van der Waals surface area contributed by atoms with E-state index in [4.69, 9.17) is 4.98 Å². The lowest BCUT2D eigenvalue weighted by molar-refractivity contribution is -0.116. The molecule has 0 aliphatic heterocycles. The zero-order valence-electron chi connectivity index (χ0n) is 18.9. The van der Waals surface area contributed by atoms with E-state index in [1.807, 2.05) is 60.9 Å². The van der Waals surface area contributed by atoms with Gasteiger partial charge in [-0.05, 0) is 48.1 Å². The molecule has 0 saturated heterocycles. The van der Waals surface area contributed by atoms with Crippen molar-refractivity contribution in [2.45, 2.75) is 46.6 Å². The lowest BCUT2D eigenvalue weighted by atomic mass is 9.87. The van der Waals surface area contributed by atoms with Gasteiger partial charge in [-0.3, -0.25) is 4.79 Å². The first-order chi connectivity index (χ1) is 14.7. The molecular weight excluding hydrogens is 382 g/mol. The fraction of sp³-hybridized carbons (Fsp3) is 0.259. The van der Waals surface area contributed by atoms with Crippen molar-refractivity contribution >= 4 is 22.6 Å². The topological polar surface area (TPSA) is 46.9 Å². The van der Waals surface area contributed by atoms with Crippen LogP contribution in [0.4, 0.5) is 5.69 Å². The van der Waals surface area contributed by atoms with Gasteiger partial charge in [-0.1, -0.05) is 75.4 Å². The Morgan fingerprint density at radius 1 is 0.903 bits per heavy atom. The van der Waals surface area contributed by atoms with Crippen LogP contribution >= 0.6 is 0 Å². The number of aryl methyl sites for hydroxylation is 2. The largest absolute Gasteiger partial charge is 0.324 e. The third kappa shape index (κ3) is 4.24. The first kappa shape index (κ1) is 20.9. The van der Waals surface area contributed by atoms with Crippen LogP contribution in [-0.4, -0.2) is 15.5 Å². The zero-order chi connectivity index (χ0) is 22.2. The number of nitrogens with one attached hydrogen (secondary N) is 1. The van der Waals surface area contributed by atoms with Crippen LogP contribution in [0.3, 0.4) is 0 Å². The highest BCUT2D eigenvalue weighted by Gasteiger charge is 2.18. The van der Waals surface area contributed by atoms with Gasteiger partial charge in [0.15, 0.2) is 0 Å². The van der Waals surface area contributed by atoms with Gasteiger partial charge < -0.3 is 9.88 Å². The first-order valence-electron chi connectivity index (χ1n) is 10.7. The molecule has 1 aromatic heterocycles. The number of fused-ring (bicyclic) bond motifs is 1. The van der Waals surface area contributed by atoms with E-state index in [0.717, 1.165) is 39.2 Å². The van der Waals surface area contributed by atoms with Crippen molar-refractivity contribution in [3.63, 3.8) is 0 Å². The second kappa shape index (κ2) is 8.03. The third-order valence-corrected chi connectivity index (χ3v) is 5.71. The van der Waals surface area contributed by atoms with Gasteiger partial charge in [-0.25, -0.2) is 4.98 Å². The standard InChI is InChI=1S/C27H29N3O/c1-18-9-8-10-19(2)25(18)29-24(31)17-30-23-12-7-6-11-22(23)28-26(30)20-13-15-21(16-14-20)27(3,4)5/h6-16H,17H2,1-5H3,(H,29,31). The molecule has 1 N–H and O–H groups in total. The Kier molecular flexibility index (Phi) is 5.40. The van der Waals surface area contributed by atoms with Crippen LogP contribution in [-0.2, 0) is 16.8 Å². The van der Waals surface area contributed by atoms with Crippen LogP contribution in [0, 0.1) is 13.8 Å². The molecule has 4 heteroatoms. The quantitative estimate of drug-likeness (QED) is 0.431. The lowest BCUT2D eigenvalue weighted by Crippen LogP contribution is -2.20. The smallest absolute Gasteiger partial charge is 0.244 e. The number of hydrogen-bond acceptors (Lipinski definition) is 2. The van der Waals surface area contributed by atoms with Crippen molar-refractivity contribution in [3.05, 3.63) is 83.4 Å². The second-order valence-corrected chi connectivity index (χ2v) is 9.15. The monoisotopic (exact) mass is 411 g/mol. The van der Waals surface area contributed by atoms with Crippen LogP contribution in [0.1, 0.15) is 37.5 Å². The molecule has 0 atom stereocenters. The van der Waals surface area contributed by atoms with Gasteiger partial charge in [0.25, 0.3) is 0 Å². The number of carbonyl (C=O) groups excluding carboxylic acids is 1. The summed E-state index contributed by atoms with van der Waals surface area (Å²) in [5.41, 5.74) is 7.20. The molecule has 4 rings (SSSR count). The van der Waals surface area contributed by atoms with Crippen molar-refractivity contribution in [1.29, 1.82) is 0 Å². The molecule has 4 nitrogen and oxygen atoms in total. The molecule has 0 saturated carbocycles. The van der Waals surface area contributed by atoms with E-state index >= 15 is 0 Å². The average Bonchev–Trinajstić information content (AvgIpc) is 3.09. The molecule has 0 unspecified atom stereocenters. The van der Waals surface area contributed by atoms with E-state index in [1.54, 1.807) is 0 Å². The van der Waals surface area contributed by atoms with Crippen LogP contribution in [0.2, 0.25) is 0 Å². The van der Waals surface area contributed by atoms with Crippen molar-refractivity contribution < 1.29 is 4.79 Å². The van der Waals surface area contributed by atoms with E-state index in [0.29, 0.717) is 0 Å². The van der Waals surface area contributed by atoms with E-state index in [2.05, 4.69) is 50.4 Å². The molecule has 4 aromatic rings. The highest BCUT2D eigenvalue weighted by Crippen LogP contribution is 2.28. The molecule has 0 bridgehead atoms. The van der Waals surface area contributed by atoms with Crippen LogP contribution in [0.5, 0.6) is 0 Å². The molecule has 0 fully saturated rings. The Hall–Kier alpha value is -3.40. The summed E-state index contributed by atoms with van der Waals surface area (Å²) < 4.78 is 2.00. The number of imidazole rings is 1. The Bertz CT molecular complexity index is 1220. The highest BCUT2D eigenvalue weighted by molar-refractivity contribution is 5.94. The number of hydrogen-bond donors (Lipinski definition) is 1. The van der Waals surface area contributed by atoms with Crippen molar-refractivity contribution in [2.75, 3.05) is 5.32 Å². The van der Waals surface area contributed by atoms with E-state index in [-0.39, 0.29) is 17.9 Å². The maximum absolute atomic E-state index is 13.0. The number of para-hydroxylation sites is 3. The summed E-state index contributed by atoms with van der Waals surface area (Å²) >= 11 is 0. The number of anilines is 1. The van der Waals surface area contributed by atoms with Crippen LogP contribution in [0.25, 0.3) is 22.4 Å². The molecular formula is C27H29N3O. The van der Waals surface area contributed by atoms with E-state index < -0.39 is 0 Å². The predicted molar refractivity (Wildman–Crippen MR) is 128 cm³/mol.